The van der Waals surface area contributed by atoms with Gasteiger partial charge in [0.15, 0.2) is 0 Å². The lowest BCUT2D eigenvalue weighted by atomic mass is 10.1. The first-order chi connectivity index (χ1) is 13.4. The van der Waals surface area contributed by atoms with E-state index in [1.165, 1.54) is 10.4 Å². The molecular formula is C20H25N3O4S. The molecule has 1 amide bonds. The van der Waals surface area contributed by atoms with Crippen molar-refractivity contribution >= 4 is 15.9 Å². The number of likely N-dealkylation sites (N-methyl/N-ethyl adjacent to an activating group) is 1. The van der Waals surface area contributed by atoms with E-state index in [1.807, 2.05) is 18.2 Å². The molecule has 150 valence electrons. The Balaban J connectivity index is 1.77. The molecule has 0 aliphatic carbocycles. The van der Waals surface area contributed by atoms with Crippen LogP contribution in [0.3, 0.4) is 0 Å². The van der Waals surface area contributed by atoms with Crippen molar-refractivity contribution in [3.05, 3.63) is 59.4 Å². The van der Waals surface area contributed by atoms with Crippen LogP contribution in [0, 0.1) is 6.92 Å². The van der Waals surface area contributed by atoms with Gasteiger partial charge in [-0.05, 0) is 36.8 Å². The molecule has 0 radical (unpaired) electrons. The van der Waals surface area contributed by atoms with Crippen LogP contribution in [0.4, 0.5) is 0 Å². The third kappa shape index (κ3) is 4.57. The normalized spacial score (nSPS) is 15.4. The molecular weight excluding hydrogens is 378 g/mol. The number of hydrogen-bond acceptors (Lipinski definition) is 5. The number of benzene rings is 1. The number of sulfonamides is 1. The Kier molecular flexibility index (Phi) is 6.43. The van der Waals surface area contributed by atoms with Crippen molar-refractivity contribution in [2.75, 3.05) is 39.9 Å². The Morgan fingerprint density at radius 1 is 1.21 bits per heavy atom. The fraction of sp³-hybridized carbons (Fsp3) is 0.400. The van der Waals surface area contributed by atoms with Crippen molar-refractivity contribution < 1.29 is 17.9 Å². The van der Waals surface area contributed by atoms with E-state index in [0.717, 1.165) is 5.69 Å². The molecule has 1 aliphatic heterocycles. The Morgan fingerprint density at radius 2 is 1.96 bits per heavy atom. The van der Waals surface area contributed by atoms with Crippen molar-refractivity contribution in [1.82, 2.24) is 14.2 Å². The largest absolute Gasteiger partial charge is 0.379 e. The molecule has 0 N–H and O–H groups in total. The highest BCUT2D eigenvalue weighted by Gasteiger charge is 2.28. The minimum Gasteiger partial charge on any atom is -0.379 e. The van der Waals surface area contributed by atoms with E-state index >= 15 is 0 Å². The van der Waals surface area contributed by atoms with Crippen LogP contribution in [-0.4, -0.2) is 68.4 Å². The van der Waals surface area contributed by atoms with Crippen LogP contribution >= 0.6 is 0 Å². The number of rotatable bonds is 6. The lowest BCUT2D eigenvalue weighted by Crippen LogP contribution is -2.41. The average Bonchev–Trinajstić information content (AvgIpc) is 2.73. The summed E-state index contributed by atoms with van der Waals surface area (Å²) in [5, 5.41) is 0. The topological polar surface area (TPSA) is 79.8 Å². The third-order valence-electron chi connectivity index (χ3n) is 4.80. The molecule has 28 heavy (non-hydrogen) atoms. The van der Waals surface area contributed by atoms with Crippen molar-refractivity contribution in [3.8, 4) is 0 Å². The molecule has 7 nitrogen and oxygen atoms in total. The molecule has 3 rings (SSSR count). The van der Waals surface area contributed by atoms with Crippen LogP contribution in [-0.2, 0) is 21.2 Å². The fourth-order valence-electron chi connectivity index (χ4n) is 3.09. The summed E-state index contributed by atoms with van der Waals surface area (Å²) < 4.78 is 32.7. The minimum atomic E-state index is -3.66. The highest BCUT2D eigenvalue weighted by molar-refractivity contribution is 7.89. The van der Waals surface area contributed by atoms with E-state index in [2.05, 4.69) is 4.98 Å². The zero-order chi connectivity index (χ0) is 20.1. The van der Waals surface area contributed by atoms with Gasteiger partial charge in [-0.2, -0.15) is 4.31 Å². The molecule has 1 fully saturated rings. The Bertz CT molecular complexity index is 926. The van der Waals surface area contributed by atoms with Gasteiger partial charge < -0.3 is 9.64 Å². The number of aromatic nitrogens is 1. The molecule has 2 heterocycles. The molecule has 1 aliphatic rings. The van der Waals surface area contributed by atoms with Gasteiger partial charge in [0.25, 0.3) is 5.91 Å². The molecule has 1 saturated heterocycles. The Labute approximate surface area is 166 Å². The smallest absolute Gasteiger partial charge is 0.253 e. The molecule has 0 atom stereocenters. The van der Waals surface area contributed by atoms with Gasteiger partial charge in [0.1, 0.15) is 0 Å². The summed E-state index contributed by atoms with van der Waals surface area (Å²) >= 11 is 0. The van der Waals surface area contributed by atoms with Gasteiger partial charge in [-0.15, -0.1) is 0 Å². The average molecular weight is 404 g/mol. The summed E-state index contributed by atoms with van der Waals surface area (Å²) in [5.41, 5.74) is 1.89. The second-order valence-corrected chi connectivity index (χ2v) is 8.70. The van der Waals surface area contributed by atoms with E-state index in [0.29, 0.717) is 50.4 Å². The summed E-state index contributed by atoms with van der Waals surface area (Å²) in [6, 6.07) is 10.5. The number of aryl methyl sites for hydroxylation is 1. The summed E-state index contributed by atoms with van der Waals surface area (Å²) in [7, 11) is -1.95. The highest BCUT2D eigenvalue weighted by Crippen LogP contribution is 2.23. The van der Waals surface area contributed by atoms with Crippen molar-refractivity contribution in [2.45, 2.75) is 18.2 Å². The molecule has 0 spiro atoms. The maximum absolute atomic E-state index is 13.0. The maximum Gasteiger partial charge on any atom is 0.253 e. The Morgan fingerprint density at radius 3 is 2.64 bits per heavy atom. The first-order valence-electron chi connectivity index (χ1n) is 9.23. The predicted molar refractivity (Wildman–Crippen MR) is 106 cm³/mol. The van der Waals surface area contributed by atoms with Crippen LogP contribution in [0.2, 0.25) is 0 Å². The number of carbonyl (C=O) groups excluding carboxylic acids is 1. The number of carbonyl (C=O) groups is 1. The monoisotopic (exact) mass is 403 g/mol. The first-order valence-corrected chi connectivity index (χ1v) is 10.7. The van der Waals surface area contributed by atoms with Gasteiger partial charge in [0.2, 0.25) is 10.0 Å². The number of morpholine rings is 1. The van der Waals surface area contributed by atoms with Gasteiger partial charge in [-0.1, -0.05) is 12.1 Å². The second-order valence-electron chi connectivity index (χ2n) is 6.79. The second kappa shape index (κ2) is 8.81. The molecule has 8 heteroatoms. The van der Waals surface area contributed by atoms with E-state index in [-0.39, 0.29) is 10.8 Å². The van der Waals surface area contributed by atoms with Crippen molar-refractivity contribution in [1.29, 1.82) is 0 Å². The Hall–Kier alpha value is -2.29. The summed E-state index contributed by atoms with van der Waals surface area (Å²) in [6.07, 6.45) is 2.35. The SMILES string of the molecule is Cc1ccc(C(=O)N(C)CCc2ccccn2)cc1S(=O)(=O)N1CCOCC1. The van der Waals surface area contributed by atoms with Gasteiger partial charge >= 0.3 is 0 Å². The van der Waals surface area contributed by atoms with Crippen molar-refractivity contribution in [2.24, 2.45) is 0 Å². The van der Waals surface area contributed by atoms with Crippen LogP contribution in [0.5, 0.6) is 0 Å². The van der Waals surface area contributed by atoms with Gasteiger partial charge in [0, 0.05) is 50.6 Å². The van der Waals surface area contributed by atoms with E-state index in [4.69, 9.17) is 4.74 Å². The lowest BCUT2D eigenvalue weighted by Gasteiger charge is -2.27. The molecule has 2 aromatic rings. The number of nitrogens with zero attached hydrogens (tertiary/aromatic N) is 3. The van der Waals surface area contributed by atoms with Gasteiger partial charge in [-0.3, -0.25) is 9.78 Å². The number of amides is 1. The fourth-order valence-corrected chi connectivity index (χ4v) is 4.75. The summed E-state index contributed by atoms with van der Waals surface area (Å²) in [6.45, 7) is 3.65. The van der Waals surface area contributed by atoms with Crippen LogP contribution in [0.25, 0.3) is 0 Å². The summed E-state index contributed by atoms with van der Waals surface area (Å²) in [4.78, 5) is 18.8. The zero-order valence-corrected chi connectivity index (χ0v) is 17.0. The summed E-state index contributed by atoms with van der Waals surface area (Å²) in [5.74, 6) is -0.214. The number of pyridine rings is 1. The third-order valence-corrected chi connectivity index (χ3v) is 6.84. The molecule has 0 saturated carbocycles. The maximum atomic E-state index is 13.0. The van der Waals surface area contributed by atoms with Gasteiger partial charge in [0.05, 0.1) is 18.1 Å². The standard InChI is InChI=1S/C20H25N3O4S/c1-16-6-7-17(15-19(16)28(25,26)23-11-13-27-14-12-23)20(24)22(2)10-8-18-5-3-4-9-21-18/h3-7,9,15H,8,10-14H2,1-2H3. The van der Waals surface area contributed by atoms with Crippen LogP contribution in [0.15, 0.2) is 47.5 Å². The lowest BCUT2D eigenvalue weighted by molar-refractivity contribution is 0.0730. The molecule has 1 aromatic heterocycles. The van der Waals surface area contributed by atoms with Crippen LogP contribution < -0.4 is 0 Å². The molecule has 0 bridgehead atoms. The highest BCUT2D eigenvalue weighted by atomic mass is 32.2. The molecule has 0 unspecified atom stereocenters. The van der Waals surface area contributed by atoms with Crippen molar-refractivity contribution in [3.63, 3.8) is 0 Å². The van der Waals surface area contributed by atoms with E-state index in [9.17, 15) is 13.2 Å². The first kappa shape index (κ1) is 20.4. The number of ether oxygens (including phenoxy) is 1. The predicted octanol–water partition coefficient (Wildman–Crippen LogP) is 1.73. The number of hydrogen-bond donors (Lipinski definition) is 0. The van der Waals surface area contributed by atoms with Crippen LogP contribution in [0.1, 0.15) is 21.6 Å². The van der Waals surface area contributed by atoms with E-state index < -0.39 is 10.0 Å². The quantitative estimate of drug-likeness (QED) is 0.734. The van der Waals surface area contributed by atoms with E-state index in [1.54, 1.807) is 37.2 Å². The minimum absolute atomic E-state index is 0.179. The zero-order valence-electron chi connectivity index (χ0n) is 16.2. The van der Waals surface area contributed by atoms with Gasteiger partial charge in [-0.25, -0.2) is 8.42 Å². The molecule has 1 aromatic carbocycles.